The molecular formula is C9H14N4O. The van der Waals surface area contributed by atoms with Crippen LogP contribution < -0.4 is 22.1 Å². The molecule has 0 spiro atoms. The minimum absolute atomic E-state index is 0.548. The van der Waals surface area contributed by atoms with E-state index < -0.39 is 6.03 Å². The third-order valence-corrected chi connectivity index (χ3v) is 2.11. The molecule has 0 aromatic heterocycles. The van der Waals surface area contributed by atoms with Crippen LogP contribution in [0.25, 0.3) is 0 Å². The highest BCUT2D eigenvalue weighted by Gasteiger charge is 2.09. The van der Waals surface area contributed by atoms with Crippen molar-refractivity contribution in [1.82, 2.24) is 5.43 Å². The molecule has 76 valence electrons. The van der Waals surface area contributed by atoms with Crippen molar-refractivity contribution >= 4 is 11.7 Å². The number of amides is 2. The summed E-state index contributed by atoms with van der Waals surface area (Å²) in [6.45, 7) is 3.94. The number of anilines is 1. The van der Waals surface area contributed by atoms with Gasteiger partial charge in [0.15, 0.2) is 0 Å². The zero-order valence-electron chi connectivity index (χ0n) is 8.24. The van der Waals surface area contributed by atoms with Crippen LogP contribution in [0.5, 0.6) is 0 Å². The Labute approximate surface area is 82.6 Å². The van der Waals surface area contributed by atoms with Gasteiger partial charge in [0.05, 0.1) is 5.69 Å². The maximum atomic E-state index is 11.1. The molecule has 0 unspecified atom stereocenters. The Kier molecular flexibility index (Phi) is 3.06. The highest BCUT2D eigenvalue weighted by Crippen LogP contribution is 2.16. The molecule has 0 saturated carbocycles. The van der Waals surface area contributed by atoms with E-state index in [-0.39, 0.29) is 0 Å². The van der Waals surface area contributed by atoms with Crippen LogP contribution in [0.1, 0.15) is 11.1 Å². The topological polar surface area (TPSA) is 84.4 Å². The van der Waals surface area contributed by atoms with Gasteiger partial charge >= 0.3 is 6.03 Å². The normalized spacial score (nSPS) is 9.71. The molecule has 0 aliphatic carbocycles. The number of rotatable bonds is 1. The predicted molar refractivity (Wildman–Crippen MR) is 55.3 cm³/mol. The number of nitrogens with one attached hydrogen (secondary N) is 1. The lowest BCUT2D eigenvalue weighted by molar-refractivity contribution is 0.246. The zero-order chi connectivity index (χ0) is 10.7. The number of benzene rings is 1. The molecule has 0 saturated heterocycles. The summed E-state index contributed by atoms with van der Waals surface area (Å²) >= 11 is 0. The Bertz CT molecular complexity index is 351. The average molecular weight is 194 g/mol. The van der Waals surface area contributed by atoms with Crippen LogP contribution >= 0.6 is 0 Å². The molecule has 5 N–H and O–H groups in total. The second kappa shape index (κ2) is 4.08. The van der Waals surface area contributed by atoms with Crippen molar-refractivity contribution in [3.05, 3.63) is 29.3 Å². The van der Waals surface area contributed by atoms with E-state index in [9.17, 15) is 4.79 Å². The summed E-state index contributed by atoms with van der Waals surface area (Å²) in [7, 11) is 0. The van der Waals surface area contributed by atoms with Gasteiger partial charge in [-0.05, 0) is 37.1 Å². The van der Waals surface area contributed by atoms with Crippen LogP contribution in [0.4, 0.5) is 10.5 Å². The Hall–Kier alpha value is -1.59. The van der Waals surface area contributed by atoms with E-state index in [0.717, 1.165) is 16.1 Å². The van der Waals surface area contributed by atoms with Crippen LogP contribution in [0.2, 0.25) is 0 Å². The number of hydrogen-bond donors (Lipinski definition) is 3. The number of carbonyl (C=O) groups is 1. The van der Waals surface area contributed by atoms with E-state index in [1.165, 1.54) is 0 Å². The molecule has 0 fully saturated rings. The quantitative estimate of drug-likeness (QED) is 0.347. The van der Waals surface area contributed by atoms with Crippen molar-refractivity contribution in [2.75, 3.05) is 5.01 Å². The fraction of sp³-hybridized carbons (Fsp3) is 0.222. The molecule has 0 atom stereocenters. The summed E-state index contributed by atoms with van der Waals surface area (Å²) in [5, 5.41) is 0.965. The first-order valence-electron chi connectivity index (χ1n) is 4.19. The van der Waals surface area contributed by atoms with Gasteiger partial charge in [-0.25, -0.2) is 21.5 Å². The summed E-state index contributed by atoms with van der Waals surface area (Å²) in [5.41, 5.74) is 4.79. The first kappa shape index (κ1) is 10.5. The number of aryl methyl sites for hydroxylation is 2. The maximum absolute atomic E-state index is 11.1. The van der Waals surface area contributed by atoms with Gasteiger partial charge < -0.3 is 0 Å². The molecule has 5 heteroatoms. The number of nitrogens with two attached hydrogens (primary N) is 2. The van der Waals surface area contributed by atoms with Gasteiger partial charge in [-0.1, -0.05) is 6.07 Å². The Morgan fingerprint density at radius 2 is 2.00 bits per heavy atom. The van der Waals surface area contributed by atoms with Gasteiger partial charge in [-0.15, -0.1) is 0 Å². The minimum atomic E-state index is -0.548. The molecule has 0 aliphatic heterocycles. The summed E-state index contributed by atoms with van der Waals surface area (Å²) in [5.74, 6) is 10.5. The van der Waals surface area contributed by atoms with Gasteiger partial charge in [-0.3, -0.25) is 5.43 Å². The fourth-order valence-corrected chi connectivity index (χ4v) is 1.06. The molecule has 1 rings (SSSR count). The zero-order valence-corrected chi connectivity index (χ0v) is 8.24. The summed E-state index contributed by atoms with van der Waals surface area (Å²) in [4.78, 5) is 11.1. The van der Waals surface area contributed by atoms with Gasteiger partial charge in [0.2, 0.25) is 0 Å². The molecule has 2 amide bonds. The first-order valence-corrected chi connectivity index (χ1v) is 4.19. The second-order valence-corrected chi connectivity index (χ2v) is 3.09. The molecular weight excluding hydrogens is 180 g/mol. The summed E-state index contributed by atoms with van der Waals surface area (Å²) in [6, 6.07) is 4.93. The van der Waals surface area contributed by atoms with Gasteiger partial charge in [0.25, 0.3) is 0 Å². The van der Waals surface area contributed by atoms with E-state index in [4.69, 9.17) is 11.7 Å². The minimum Gasteiger partial charge on any atom is -0.274 e. The number of hydrogen-bond acceptors (Lipinski definition) is 3. The number of urea groups is 1. The molecule has 0 bridgehead atoms. The van der Waals surface area contributed by atoms with Crippen molar-refractivity contribution in [3.63, 3.8) is 0 Å². The van der Waals surface area contributed by atoms with Crippen molar-refractivity contribution < 1.29 is 4.79 Å². The Morgan fingerprint density at radius 1 is 1.36 bits per heavy atom. The first-order chi connectivity index (χ1) is 6.56. The largest absolute Gasteiger partial charge is 0.350 e. The lowest BCUT2D eigenvalue weighted by atomic mass is 10.1. The number of hydrazine groups is 2. The second-order valence-electron chi connectivity index (χ2n) is 3.09. The van der Waals surface area contributed by atoms with Crippen LogP contribution in [-0.2, 0) is 0 Å². The third kappa shape index (κ3) is 2.01. The average Bonchev–Trinajstić information content (AvgIpc) is 2.20. The molecule has 0 heterocycles. The lowest BCUT2D eigenvalue weighted by Crippen LogP contribution is -2.47. The van der Waals surface area contributed by atoms with E-state index in [1.54, 1.807) is 6.07 Å². The van der Waals surface area contributed by atoms with E-state index >= 15 is 0 Å². The van der Waals surface area contributed by atoms with Crippen LogP contribution in [0, 0.1) is 13.8 Å². The van der Waals surface area contributed by atoms with Gasteiger partial charge in [0, 0.05) is 0 Å². The highest BCUT2D eigenvalue weighted by molar-refractivity contribution is 5.90. The molecule has 0 aliphatic rings. The SMILES string of the molecule is Cc1ccc(N(N)C(=O)NN)cc1C. The number of carbonyl (C=O) groups excluding carboxylic acids is 1. The third-order valence-electron chi connectivity index (χ3n) is 2.11. The Balaban J connectivity index is 2.96. The summed E-state index contributed by atoms with van der Waals surface area (Å²) in [6.07, 6.45) is 0. The summed E-state index contributed by atoms with van der Waals surface area (Å²) < 4.78 is 0. The van der Waals surface area contributed by atoms with Crippen molar-refractivity contribution in [2.24, 2.45) is 11.7 Å². The fourth-order valence-electron chi connectivity index (χ4n) is 1.06. The standard InChI is InChI=1S/C9H14N4O/c1-6-3-4-8(5-7(6)2)13(11)9(14)12-10/h3-5H,10-11H2,1-2H3,(H,12,14). The maximum Gasteiger partial charge on any atom is 0.350 e. The molecule has 1 aromatic carbocycles. The van der Waals surface area contributed by atoms with Crippen molar-refractivity contribution in [3.8, 4) is 0 Å². The smallest absolute Gasteiger partial charge is 0.274 e. The van der Waals surface area contributed by atoms with Gasteiger partial charge in [0.1, 0.15) is 0 Å². The van der Waals surface area contributed by atoms with Crippen LogP contribution in [0.3, 0.4) is 0 Å². The predicted octanol–water partition coefficient (Wildman–Crippen LogP) is 0.567. The highest BCUT2D eigenvalue weighted by atomic mass is 16.2. The van der Waals surface area contributed by atoms with Gasteiger partial charge in [-0.2, -0.15) is 0 Å². The Morgan fingerprint density at radius 3 is 2.50 bits per heavy atom. The monoisotopic (exact) mass is 194 g/mol. The number of nitrogens with zero attached hydrogens (tertiary/aromatic N) is 1. The molecule has 5 nitrogen and oxygen atoms in total. The van der Waals surface area contributed by atoms with E-state index in [0.29, 0.717) is 5.69 Å². The van der Waals surface area contributed by atoms with E-state index in [1.807, 2.05) is 31.4 Å². The van der Waals surface area contributed by atoms with Crippen LogP contribution in [0.15, 0.2) is 18.2 Å². The lowest BCUT2D eigenvalue weighted by Gasteiger charge is -2.16. The molecule has 0 radical (unpaired) electrons. The van der Waals surface area contributed by atoms with Crippen LogP contribution in [-0.4, -0.2) is 6.03 Å². The molecule has 14 heavy (non-hydrogen) atoms. The molecule has 1 aromatic rings. The van der Waals surface area contributed by atoms with E-state index in [2.05, 4.69) is 0 Å². The van der Waals surface area contributed by atoms with Crippen molar-refractivity contribution in [2.45, 2.75) is 13.8 Å². The van der Waals surface area contributed by atoms with Crippen molar-refractivity contribution in [1.29, 1.82) is 0 Å².